The molecule has 31 heavy (non-hydrogen) atoms. The Morgan fingerprint density at radius 1 is 1.35 bits per heavy atom. The molecule has 14 nitrogen and oxygen atoms in total. The van der Waals surface area contributed by atoms with Crippen LogP contribution in [0.1, 0.15) is 0 Å². The fourth-order valence-corrected chi connectivity index (χ4v) is 4.92. The Labute approximate surface area is 182 Å². The summed E-state index contributed by atoms with van der Waals surface area (Å²) < 4.78 is 0. The summed E-state index contributed by atoms with van der Waals surface area (Å²) in [4.78, 5) is 51.1. The van der Waals surface area contributed by atoms with E-state index in [-0.39, 0.29) is 25.5 Å². The quantitative estimate of drug-likeness (QED) is 0.177. The number of nitrogens with one attached hydrogen (secondary N) is 2. The highest BCUT2D eigenvalue weighted by Gasteiger charge is 2.65. The number of aliphatic carboxylic acids is 1. The molecule has 5 N–H and O–H groups in total. The van der Waals surface area contributed by atoms with Crippen molar-refractivity contribution in [1.82, 2.24) is 30.5 Å². The number of urea groups is 2. The summed E-state index contributed by atoms with van der Waals surface area (Å²) in [5.74, 6) is -1.53. The predicted octanol–water partition coefficient (Wildman–Crippen LogP) is -2.42. The Hall–Kier alpha value is -2.91. The van der Waals surface area contributed by atoms with Gasteiger partial charge in [0.1, 0.15) is 11.4 Å². The molecule has 0 aliphatic carbocycles. The van der Waals surface area contributed by atoms with Crippen LogP contribution in [-0.4, -0.2) is 124 Å². The highest BCUT2D eigenvalue weighted by atomic mass is 32.2. The minimum absolute atomic E-state index is 0.123. The number of carbonyl (C=O) groups excluding carboxylic acids is 3. The number of amides is 5. The van der Waals surface area contributed by atoms with Crippen molar-refractivity contribution in [2.75, 3.05) is 46.8 Å². The molecule has 0 unspecified atom stereocenters. The smallest absolute Gasteiger partial charge is 0.342 e. The van der Waals surface area contributed by atoms with Crippen LogP contribution in [0.3, 0.4) is 0 Å². The van der Waals surface area contributed by atoms with Crippen molar-refractivity contribution in [3.05, 3.63) is 0 Å². The van der Waals surface area contributed by atoms with Crippen molar-refractivity contribution >= 4 is 48.1 Å². The number of hydrogen-bond donors (Lipinski definition) is 4. The van der Waals surface area contributed by atoms with Gasteiger partial charge < -0.3 is 26.0 Å². The lowest BCUT2D eigenvalue weighted by atomic mass is 10.1. The third-order valence-electron chi connectivity index (χ3n) is 5.00. The second-order valence-electron chi connectivity index (χ2n) is 7.36. The molecule has 0 aromatic carbocycles. The van der Waals surface area contributed by atoms with Crippen LogP contribution in [0, 0.1) is 0 Å². The van der Waals surface area contributed by atoms with E-state index in [9.17, 15) is 24.3 Å². The van der Waals surface area contributed by atoms with Crippen LogP contribution in [-0.2, 0) is 9.59 Å². The molecule has 0 saturated carbocycles. The molecular weight excluding hydrogens is 430 g/mol. The Morgan fingerprint density at radius 2 is 2.10 bits per heavy atom. The van der Waals surface area contributed by atoms with Crippen LogP contribution < -0.4 is 16.5 Å². The van der Waals surface area contributed by atoms with Gasteiger partial charge in [-0.3, -0.25) is 9.69 Å². The van der Waals surface area contributed by atoms with E-state index in [0.29, 0.717) is 13.1 Å². The lowest BCUT2D eigenvalue weighted by Gasteiger charge is -2.38. The number of rotatable bonds is 8. The maximum absolute atomic E-state index is 12.7. The highest BCUT2D eigenvalue weighted by Crippen LogP contribution is 2.49. The summed E-state index contributed by atoms with van der Waals surface area (Å²) in [5.41, 5.74) is 8.01. The van der Waals surface area contributed by atoms with Crippen LogP contribution in [0.5, 0.6) is 0 Å². The van der Waals surface area contributed by atoms with E-state index in [0.717, 1.165) is 16.8 Å². The number of nitrogens with zero attached hydrogens (tertiary/aromatic N) is 6. The number of fused-ring (bicyclic) bond motifs is 1. The van der Waals surface area contributed by atoms with Crippen LogP contribution in [0.4, 0.5) is 9.59 Å². The van der Waals surface area contributed by atoms with Gasteiger partial charge in [0.15, 0.2) is 0 Å². The molecule has 170 valence electrons. The number of carbonyl (C=O) groups is 4. The Balaban J connectivity index is 1.53. The van der Waals surface area contributed by atoms with Gasteiger partial charge in [0.05, 0.1) is 25.5 Å². The van der Waals surface area contributed by atoms with E-state index in [1.54, 1.807) is 0 Å². The molecule has 3 aliphatic heterocycles. The number of likely N-dealkylation sites (N-methyl/N-ethyl adjacent to an activating group) is 1. The lowest BCUT2D eigenvalue weighted by molar-refractivity contribution is -0.148. The Bertz CT molecular complexity index is 821. The van der Waals surface area contributed by atoms with E-state index in [1.807, 2.05) is 19.0 Å². The zero-order chi connectivity index (χ0) is 22.8. The molecule has 0 spiro atoms. The lowest BCUT2D eigenvalue weighted by Crippen LogP contribution is -2.65. The molecular formula is C16H25N9O5S. The van der Waals surface area contributed by atoms with E-state index in [1.165, 1.54) is 22.2 Å². The van der Waals surface area contributed by atoms with Crippen molar-refractivity contribution in [3.8, 4) is 0 Å². The van der Waals surface area contributed by atoms with Gasteiger partial charge in [-0.15, -0.1) is 0 Å². The first-order valence-corrected chi connectivity index (χ1v) is 10.4. The van der Waals surface area contributed by atoms with Crippen LogP contribution in [0.15, 0.2) is 10.2 Å². The Kier molecular flexibility index (Phi) is 6.66. The van der Waals surface area contributed by atoms with Crippen molar-refractivity contribution in [3.63, 3.8) is 0 Å². The van der Waals surface area contributed by atoms with Crippen LogP contribution in [0.2, 0.25) is 0 Å². The van der Waals surface area contributed by atoms with Gasteiger partial charge in [-0.1, -0.05) is 11.8 Å². The molecule has 0 aromatic heterocycles. The summed E-state index contributed by atoms with van der Waals surface area (Å²) in [6.07, 6.45) is 2.41. The highest BCUT2D eigenvalue weighted by molar-refractivity contribution is 8.02. The molecule has 3 rings (SSSR count). The molecule has 0 bridgehead atoms. The summed E-state index contributed by atoms with van der Waals surface area (Å²) in [7, 11) is 3.77. The van der Waals surface area contributed by atoms with Crippen LogP contribution in [0.25, 0.3) is 0 Å². The molecule has 3 saturated heterocycles. The zero-order valence-corrected chi connectivity index (χ0v) is 17.9. The minimum atomic E-state index is -1.60. The number of hydrogen-bond acceptors (Lipinski definition) is 9. The maximum Gasteiger partial charge on any atom is 0.342 e. The SMILES string of the molecule is CN(C)CCNC(=O)NN=CC=NN1CCN([C@]2(C(=O)O)CN3C(=O)[C@@H](N)[C@H]3S2)C1=O. The molecule has 3 aliphatic rings. The van der Waals surface area contributed by atoms with Gasteiger partial charge in [0.2, 0.25) is 10.8 Å². The molecule has 3 heterocycles. The second kappa shape index (κ2) is 9.07. The van der Waals surface area contributed by atoms with E-state index in [4.69, 9.17) is 5.73 Å². The maximum atomic E-state index is 12.7. The van der Waals surface area contributed by atoms with Gasteiger partial charge in [0.25, 0.3) is 0 Å². The monoisotopic (exact) mass is 455 g/mol. The number of carboxylic acids is 1. The predicted molar refractivity (Wildman–Crippen MR) is 112 cm³/mol. The first-order valence-electron chi connectivity index (χ1n) is 9.48. The largest absolute Gasteiger partial charge is 0.479 e. The standard InChI is InChI=1S/C16H25N9O5S/c1-22(2)6-5-18-14(29)21-19-3-4-20-25-8-7-24(15(25)30)16(13(27)28)9-23-11(26)10(17)12(23)31-16/h3-4,10,12H,5-9,17H2,1-2H3,(H,27,28)(H2,18,21,29)/t10-,12-,16-/m1/s1. The van der Waals surface area contributed by atoms with E-state index >= 15 is 0 Å². The zero-order valence-electron chi connectivity index (χ0n) is 17.1. The molecule has 15 heteroatoms. The molecule has 0 aromatic rings. The normalized spacial score (nSPS) is 28.1. The van der Waals surface area contributed by atoms with Crippen molar-refractivity contribution < 1.29 is 24.3 Å². The van der Waals surface area contributed by atoms with E-state index < -0.39 is 34.3 Å². The third-order valence-corrected chi connectivity index (χ3v) is 6.70. The first kappa shape index (κ1) is 22.8. The van der Waals surface area contributed by atoms with Gasteiger partial charge in [-0.2, -0.15) is 10.2 Å². The molecule has 3 fully saturated rings. The Morgan fingerprint density at radius 3 is 2.74 bits per heavy atom. The van der Waals surface area contributed by atoms with Gasteiger partial charge >= 0.3 is 18.0 Å². The van der Waals surface area contributed by atoms with Crippen molar-refractivity contribution in [2.45, 2.75) is 16.3 Å². The summed E-state index contributed by atoms with van der Waals surface area (Å²) >= 11 is 0.998. The van der Waals surface area contributed by atoms with Gasteiger partial charge in [-0.25, -0.2) is 24.8 Å². The van der Waals surface area contributed by atoms with Crippen molar-refractivity contribution in [1.29, 1.82) is 0 Å². The average molecular weight is 456 g/mol. The average Bonchev–Trinajstić information content (AvgIpc) is 3.27. The number of carboxylic acid groups (broad SMARTS) is 1. The van der Waals surface area contributed by atoms with E-state index in [2.05, 4.69) is 20.9 Å². The minimum Gasteiger partial charge on any atom is -0.479 e. The number of hydrazone groups is 2. The summed E-state index contributed by atoms with van der Waals surface area (Å²) in [6.45, 7) is 1.31. The number of thioether (sulfide) groups is 1. The first-order chi connectivity index (χ1) is 14.7. The fraction of sp³-hybridized carbons (Fsp3) is 0.625. The molecule has 5 amide bonds. The van der Waals surface area contributed by atoms with Crippen molar-refractivity contribution in [2.24, 2.45) is 15.9 Å². The fourth-order valence-electron chi connectivity index (χ4n) is 3.35. The molecule has 0 radical (unpaired) electrons. The summed E-state index contributed by atoms with van der Waals surface area (Å²) in [6, 6.07) is -1.84. The molecule has 3 atom stereocenters. The topological polar surface area (TPSA) is 176 Å². The summed E-state index contributed by atoms with van der Waals surface area (Å²) in [5, 5.41) is 20.7. The van der Waals surface area contributed by atoms with Crippen LogP contribution >= 0.6 is 11.8 Å². The number of β-lactam (4-membered cyclic amide) rings is 1. The number of nitrogens with two attached hydrogens (primary N) is 1. The third kappa shape index (κ3) is 4.42. The second-order valence-corrected chi connectivity index (χ2v) is 8.75. The van der Waals surface area contributed by atoms with Gasteiger partial charge in [-0.05, 0) is 14.1 Å². The van der Waals surface area contributed by atoms with Gasteiger partial charge in [0, 0.05) is 19.6 Å².